The Balaban J connectivity index is 2.26. The van der Waals surface area contributed by atoms with Crippen LogP contribution in [0, 0.1) is 12.8 Å². The number of hydrogen-bond donors (Lipinski definition) is 1. The maximum atomic E-state index is 13.5. The molecule has 0 atom stereocenters. The highest BCUT2D eigenvalue weighted by molar-refractivity contribution is 5.87. The van der Waals surface area contributed by atoms with Gasteiger partial charge in [-0.3, -0.25) is 4.68 Å². The van der Waals surface area contributed by atoms with Crippen LogP contribution < -0.4 is 0 Å². The molecule has 1 aromatic rings. The lowest BCUT2D eigenvalue weighted by atomic mass is 9.87. The van der Waals surface area contributed by atoms with Crippen LogP contribution in [0.3, 0.4) is 0 Å². The molecule has 0 aromatic carbocycles. The Morgan fingerprint density at radius 2 is 1.95 bits per heavy atom. The molecule has 1 aliphatic carbocycles. The predicted molar refractivity (Wildman–Crippen MR) is 70.4 cm³/mol. The minimum Gasteiger partial charge on any atom is -0.477 e. The van der Waals surface area contributed by atoms with Crippen molar-refractivity contribution < 1.29 is 27.5 Å². The molecule has 0 unspecified atom stereocenters. The Labute approximate surface area is 125 Å². The third-order valence-electron chi connectivity index (χ3n) is 4.08. The van der Waals surface area contributed by atoms with Crippen molar-refractivity contribution in [1.29, 1.82) is 0 Å². The molecule has 4 nitrogen and oxygen atoms in total. The molecular weight excluding hydrogens is 304 g/mol. The van der Waals surface area contributed by atoms with E-state index in [1.54, 1.807) is 0 Å². The number of carboxylic acids is 1. The van der Waals surface area contributed by atoms with E-state index in [2.05, 4.69) is 5.10 Å². The van der Waals surface area contributed by atoms with E-state index in [4.69, 9.17) is 0 Å². The summed E-state index contributed by atoms with van der Waals surface area (Å²) < 4.78 is 54.3. The van der Waals surface area contributed by atoms with E-state index in [1.807, 2.05) is 0 Å². The summed E-state index contributed by atoms with van der Waals surface area (Å²) >= 11 is 0. The number of nitrogens with zero attached hydrogens (tertiary/aromatic N) is 2. The number of carbonyl (C=O) groups is 1. The molecule has 0 spiro atoms. The first-order valence-electron chi connectivity index (χ1n) is 7.08. The van der Waals surface area contributed by atoms with Crippen molar-refractivity contribution in [3.8, 4) is 0 Å². The van der Waals surface area contributed by atoms with Gasteiger partial charge in [0.25, 0.3) is 5.92 Å². The fourth-order valence-electron chi connectivity index (χ4n) is 2.90. The standard InChI is InChI=1S/C14H18F4N2O2/c1-8-10(12(21)22)20(19-11(8)13(2,15)16)7-9-3-5-14(17,18)6-4-9/h9H,3-7H2,1-2H3,(H,21,22). The second-order valence-corrected chi connectivity index (χ2v) is 6.00. The van der Waals surface area contributed by atoms with Crippen LogP contribution in [0.15, 0.2) is 0 Å². The number of aromatic carboxylic acids is 1. The third-order valence-corrected chi connectivity index (χ3v) is 4.08. The number of aromatic nitrogens is 2. The van der Waals surface area contributed by atoms with E-state index >= 15 is 0 Å². The van der Waals surface area contributed by atoms with Gasteiger partial charge in [-0.15, -0.1) is 0 Å². The van der Waals surface area contributed by atoms with Gasteiger partial charge in [0.2, 0.25) is 5.92 Å². The molecule has 1 fully saturated rings. The summed E-state index contributed by atoms with van der Waals surface area (Å²) in [6.45, 7) is 2.00. The normalized spacial score (nSPS) is 19.4. The summed E-state index contributed by atoms with van der Waals surface area (Å²) in [7, 11) is 0. The van der Waals surface area contributed by atoms with Crippen molar-refractivity contribution in [3.63, 3.8) is 0 Å². The zero-order valence-electron chi connectivity index (χ0n) is 12.4. The average molecular weight is 322 g/mol. The molecule has 1 saturated carbocycles. The molecule has 1 aliphatic rings. The molecule has 8 heteroatoms. The Morgan fingerprint density at radius 1 is 1.41 bits per heavy atom. The van der Waals surface area contributed by atoms with Gasteiger partial charge in [-0.05, 0) is 25.7 Å². The van der Waals surface area contributed by atoms with E-state index in [0.29, 0.717) is 6.92 Å². The zero-order valence-corrected chi connectivity index (χ0v) is 12.4. The first kappa shape index (κ1) is 16.8. The van der Waals surface area contributed by atoms with Gasteiger partial charge in [-0.1, -0.05) is 0 Å². The maximum absolute atomic E-state index is 13.5. The van der Waals surface area contributed by atoms with E-state index in [-0.39, 0.29) is 49.4 Å². The molecule has 1 heterocycles. The smallest absolute Gasteiger partial charge is 0.354 e. The lowest BCUT2D eigenvalue weighted by Crippen LogP contribution is -2.28. The van der Waals surface area contributed by atoms with Gasteiger partial charge >= 0.3 is 5.97 Å². The minimum absolute atomic E-state index is 0.0641. The van der Waals surface area contributed by atoms with Crippen LogP contribution in [-0.4, -0.2) is 26.8 Å². The quantitative estimate of drug-likeness (QED) is 0.857. The van der Waals surface area contributed by atoms with Crippen molar-refractivity contribution in [2.45, 2.75) is 57.9 Å². The molecule has 124 valence electrons. The van der Waals surface area contributed by atoms with Crippen LogP contribution in [0.4, 0.5) is 17.6 Å². The molecular formula is C14H18F4N2O2. The molecule has 1 N–H and O–H groups in total. The van der Waals surface area contributed by atoms with Gasteiger partial charge in [-0.2, -0.15) is 13.9 Å². The highest BCUT2D eigenvalue weighted by Crippen LogP contribution is 2.37. The minimum atomic E-state index is -3.25. The summed E-state index contributed by atoms with van der Waals surface area (Å²) in [6.07, 6.45) is -0.0835. The van der Waals surface area contributed by atoms with Gasteiger partial charge in [-0.25, -0.2) is 13.6 Å². The molecule has 22 heavy (non-hydrogen) atoms. The van der Waals surface area contributed by atoms with Crippen LogP contribution >= 0.6 is 0 Å². The largest absolute Gasteiger partial charge is 0.477 e. The van der Waals surface area contributed by atoms with E-state index in [1.165, 1.54) is 6.92 Å². The lowest BCUT2D eigenvalue weighted by Gasteiger charge is -2.28. The number of hydrogen-bond acceptors (Lipinski definition) is 2. The molecule has 0 aliphatic heterocycles. The number of halogens is 4. The van der Waals surface area contributed by atoms with Gasteiger partial charge in [0.05, 0.1) is 0 Å². The summed E-state index contributed by atoms with van der Waals surface area (Å²) in [5.74, 6) is -7.47. The first-order valence-corrected chi connectivity index (χ1v) is 7.08. The summed E-state index contributed by atoms with van der Waals surface area (Å²) in [4.78, 5) is 11.3. The van der Waals surface area contributed by atoms with Crippen molar-refractivity contribution in [1.82, 2.24) is 9.78 Å². The maximum Gasteiger partial charge on any atom is 0.354 e. The summed E-state index contributed by atoms with van der Waals surface area (Å²) in [6, 6.07) is 0. The molecule has 0 amide bonds. The van der Waals surface area contributed by atoms with Crippen LogP contribution in [0.5, 0.6) is 0 Å². The van der Waals surface area contributed by atoms with Crippen LogP contribution in [-0.2, 0) is 12.5 Å². The van der Waals surface area contributed by atoms with Crippen molar-refractivity contribution in [2.75, 3.05) is 0 Å². The highest BCUT2D eigenvalue weighted by Gasteiger charge is 2.37. The molecule has 1 aromatic heterocycles. The first-order chi connectivity index (χ1) is 10.0. The fourth-order valence-corrected chi connectivity index (χ4v) is 2.90. The molecule has 0 radical (unpaired) electrons. The van der Waals surface area contributed by atoms with Crippen LogP contribution in [0.1, 0.15) is 54.4 Å². The van der Waals surface area contributed by atoms with Crippen molar-refractivity contribution >= 4 is 5.97 Å². The average Bonchev–Trinajstić information content (AvgIpc) is 2.68. The second kappa shape index (κ2) is 5.55. The van der Waals surface area contributed by atoms with Crippen LogP contribution in [0.2, 0.25) is 0 Å². The van der Waals surface area contributed by atoms with E-state index < -0.39 is 23.5 Å². The lowest BCUT2D eigenvalue weighted by molar-refractivity contribution is -0.0478. The van der Waals surface area contributed by atoms with Gasteiger partial charge < -0.3 is 5.11 Å². The summed E-state index contributed by atoms with van der Waals surface area (Å²) in [5.41, 5.74) is -0.957. The fraction of sp³-hybridized carbons (Fsp3) is 0.714. The Bertz CT molecular complexity index is 568. The number of carboxylic acid groups (broad SMARTS) is 1. The van der Waals surface area contributed by atoms with E-state index in [9.17, 15) is 27.5 Å². The Morgan fingerprint density at radius 3 is 2.41 bits per heavy atom. The monoisotopic (exact) mass is 322 g/mol. The summed E-state index contributed by atoms with van der Waals surface area (Å²) in [5, 5.41) is 12.9. The van der Waals surface area contributed by atoms with Gasteiger partial charge in [0, 0.05) is 31.9 Å². The molecule has 2 rings (SSSR count). The van der Waals surface area contributed by atoms with Gasteiger partial charge in [0.1, 0.15) is 11.4 Å². The highest BCUT2D eigenvalue weighted by atomic mass is 19.3. The number of alkyl halides is 4. The topological polar surface area (TPSA) is 55.1 Å². The third kappa shape index (κ3) is 3.41. The zero-order chi connectivity index (χ0) is 16.7. The molecule has 0 bridgehead atoms. The van der Waals surface area contributed by atoms with E-state index in [0.717, 1.165) is 4.68 Å². The van der Waals surface area contributed by atoms with Crippen molar-refractivity contribution in [3.05, 3.63) is 17.0 Å². The van der Waals surface area contributed by atoms with Crippen molar-refractivity contribution in [2.24, 2.45) is 5.92 Å². The number of rotatable bonds is 4. The second-order valence-electron chi connectivity index (χ2n) is 6.00. The Kier molecular flexibility index (Phi) is 4.23. The van der Waals surface area contributed by atoms with Gasteiger partial charge in [0.15, 0.2) is 0 Å². The predicted octanol–water partition coefficient (Wildman–Crippen LogP) is 3.83. The van der Waals surface area contributed by atoms with Crippen LogP contribution in [0.25, 0.3) is 0 Å². The Hall–Kier alpha value is -1.60. The SMILES string of the molecule is Cc1c(C(C)(F)F)nn(CC2CCC(F)(F)CC2)c1C(=O)O. The molecule has 0 saturated heterocycles.